The minimum Gasteiger partial charge on any atom is -0.497 e. The van der Waals surface area contributed by atoms with Crippen LogP contribution in [0.15, 0.2) is 18.2 Å². The topological polar surface area (TPSA) is 47.7 Å². The van der Waals surface area contributed by atoms with E-state index in [1.54, 1.807) is 7.11 Å². The first-order valence-corrected chi connectivity index (χ1v) is 7.55. The van der Waals surface area contributed by atoms with Gasteiger partial charge in [-0.2, -0.15) is 0 Å². The molecule has 4 rings (SSSR count). The van der Waals surface area contributed by atoms with Crippen LogP contribution in [0.5, 0.6) is 11.5 Å². The summed E-state index contributed by atoms with van der Waals surface area (Å²) in [6.45, 7) is 3.53. The molecule has 1 aromatic carbocycles. The summed E-state index contributed by atoms with van der Waals surface area (Å²) in [4.78, 5) is 2.55. The average molecular weight is 274 g/mol. The molecule has 3 heterocycles. The minimum absolute atomic E-state index is 0.0498. The Hall–Kier alpha value is -1.26. The summed E-state index contributed by atoms with van der Waals surface area (Å²) in [6, 6.07) is 6.10. The van der Waals surface area contributed by atoms with Crippen molar-refractivity contribution in [2.45, 2.75) is 30.9 Å². The molecule has 1 spiro atoms. The first kappa shape index (κ1) is 12.5. The highest BCUT2D eigenvalue weighted by molar-refractivity contribution is 5.44. The molecule has 2 bridgehead atoms. The molecule has 3 aliphatic rings. The van der Waals surface area contributed by atoms with E-state index in [2.05, 4.69) is 11.0 Å². The number of methoxy groups -OCH3 is 1. The smallest absolute Gasteiger partial charge is 0.128 e. The van der Waals surface area contributed by atoms with Crippen molar-refractivity contribution in [3.05, 3.63) is 23.8 Å². The zero-order valence-electron chi connectivity index (χ0n) is 12.0. The second-order valence-corrected chi connectivity index (χ2v) is 6.42. The molecular formula is C16H22N2O2. The molecule has 0 amide bonds. The van der Waals surface area contributed by atoms with Gasteiger partial charge in [0.15, 0.2) is 0 Å². The SMILES string of the molecule is COc1ccc2c(c1)OC1(CCN3CCC1C3)C[C@@H]2N. The number of ether oxygens (including phenoxy) is 2. The molecular weight excluding hydrogens is 252 g/mol. The molecule has 4 heteroatoms. The average Bonchev–Trinajstić information content (AvgIpc) is 2.88. The summed E-state index contributed by atoms with van der Waals surface area (Å²) in [6.07, 6.45) is 3.29. The van der Waals surface area contributed by atoms with Crippen molar-refractivity contribution >= 4 is 0 Å². The summed E-state index contributed by atoms with van der Waals surface area (Å²) >= 11 is 0. The molecule has 2 N–H and O–H groups in total. The van der Waals surface area contributed by atoms with Crippen LogP contribution in [0.1, 0.15) is 30.9 Å². The lowest BCUT2D eigenvalue weighted by molar-refractivity contribution is -0.0440. The van der Waals surface area contributed by atoms with Crippen LogP contribution in [0.25, 0.3) is 0 Å². The Balaban J connectivity index is 1.71. The van der Waals surface area contributed by atoms with Crippen LogP contribution in [0.2, 0.25) is 0 Å². The third-order valence-electron chi connectivity index (χ3n) is 5.37. The molecule has 0 saturated carbocycles. The van der Waals surface area contributed by atoms with Crippen LogP contribution in [-0.2, 0) is 0 Å². The molecule has 4 nitrogen and oxygen atoms in total. The summed E-state index contributed by atoms with van der Waals surface area (Å²) in [5, 5.41) is 0. The number of nitrogens with zero attached hydrogens (tertiary/aromatic N) is 1. The van der Waals surface area contributed by atoms with Crippen LogP contribution in [0.4, 0.5) is 0 Å². The number of hydrogen-bond acceptors (Lipinski definition) is 4. The van der Waals surface area contributed by atoms with Crippen molar-refractivity contribution in [2.75, 3.05) is 26.7 Å². The van der Waals surface area contributed by atoms with Gasteiger partial charge in [0.2, 0.25) is 0 Å². The highest BCUT2D eigenvalue weighted by atomic mass is 16.5. The number of piperidine rings is 1. The largest absolute Gasteiger partial charge is 0.497 e. The maximum Gasteiger partial charge on any atom is 0.128 e. The third-order valence-corrected chi connectivity index (χ3v) is 5.37. The summed E-state index contributed by atoms with van der Waals surface area (Å²) in [5.74, 6) is 2.40. The van der Waals surface area contributed by atoms with Gasteiger partial charge in [-0.05, 0) is 19.0 Å². The predicted molar refractivity (Wildman–Crippen MR) is 77.1 cm³/mol. The van der Waals surface area contributed by atoms with Crippen LogP contribution in [0.3, 0.4) is 0 Å². The van der Waals surface area contributed by atoms with Crippen molar-refractivity contribution in [1.82, 2.24) is 4.90 Å². The molecule has 108 valence electrons. The van der Waals surface area contributed by atoms with E-state index >= 15 is 0 Å². The van der Waals surface area contributed by atoms with Gasteiger partial charge < -0.3 is 20.1 Å². The first-order chi connectivity index (χ1) is 9.70. The zero-order valence-corrected chi connectivity index (χ0v) is 12.0. The lowest BCUT2D eigenvalue weighted by atomic mass is 9.75. The van der Waals surface area contributed by atoms with E-state index in [0.717, 1.165) is 36.4 Å². The van der Waals surface area contributed by atoms with Gasteiger partial charge in [0.05, 0.1) is 7.11 Å². The molecule has 3 unspecified atom stereocenters. The van der Waals surface area contributed by atoms with Crippen LogP contribution < -0.4 is 15.2 Å². The van der Waals surface area contributed by atoms with Crippen molar-refractivity contribution in [1.29, 1.82) is 0 Å². The van der Waals surface area contributed by atoms with Gasteiger partial charge in [-0.25, -0.2) is 0 Å². The van der Waals surface area contributed by atoms with E-state index in [0.29, 0.717) is 5.92 Å². The Morgan fingerprint density at radius 3 is 3.15 bits per heavy atom. The first-order valence-electron chi connectivity index (χ1n) is 7.55. The number of fused-ring (bicyclic) bond motifs is 4. The Kier molecular flexibility index (Phi) is 2.72. The van der Waals surface area contributed by atoms with Crippen LogP contribution in [-0.4, -0.2) is 37.2 Å². The monoisotopic (exact) mass is 274 g/mol. The van der Waals surface area contributed by atoms with E-state index in [4.69, 9.17) is 15.2 Å². The van der Waals surface area contributed by atoms with Gasteiger partial charge in [0.1, 0.15) is 17.1 Å². The zero-order chi connectivity index (χ0) is 13.7. The quantitative estimate of drug-likeness (QED) is 0.850. The van der Waals surface area contributed by atoms with Gasteiger partial charge >= 0.3 is 0 Å². The van der Waals surface area contributed by atoms with Crippen molar-refractivity contribution in [3.8, 4) is 11.5 Å². The fraction of sp³-hybridized carbons (Fsp3) is 0.625. The van der Waals surface area contributed by atoms with Crippen LogP contribution >= 0.6 is 0 Å². The van der Waals surface area contributed by atoms with Gasteiger partial charge in [-0.15, -0.1) is 0 Å². The molecule has 2 fully saturated rings. The van der Waals surface area contributed by atoms with Gasteiger partial charge in [0, 0.05) is 49.5 Å². The summed E-state index contributed by atoms with van der Waals surface area (Å²) in [5.41, 5.74) is 7.51. The minimum atomic E-state index is -0.0498. The molecule has 1 aromatic rings. The fourth-order valence-electron chi connectivity index (χ4n) is 4.20. The van der Waals surface area contributed by atoms with Crippen LogP contribution in [0, 0.1) is 5.92 Å². The molecule has 20 heavy (non-hydrogen) atoms. The number of rotatable bonds is 1. The number of benzene rings is 1. The van der Waals surface area contributed by atoms with Gasteiger partial charge in [-0.3, -0.25) is 0 Å². The lowest BCUT2D eigenvalue weighted by Crippen LogP contribution is -2.53. The lowest BCUT2D eigenvalue weighted by Gasteiger charge is -2.47. The van der Waals surface area contributed by atoms with Crippen molar-refractivity contribution < 1.29 is 9.47 Å². The second-order valence-electron chi connectivity index (χ2n) is 6.42. The maximum atomic E-state index is 6.52. The molecule has 0 aromatic heterocycles. The normalized spacial score (nSPS) is 38.4. The molecule has 0 aliphatic carbocycles. The summed E-state index contributed by atoms with van der Waals surface area (Å²) < 4.78 is 11.8. The van der Waals surface area contributed by atoms with Gasteiger partial charge in [-0.1, -0.05) is 6.07 Å². The third kappa shape index (κ3) is 1.75. The van der Waals surface area contributed by atoms with E-state index in [9.17, 15) is 0 Å². The van der Waals surface area contributed by atoms with Gasteiger partial charge in [0.25, 0.3) is 0 Å². The standard InChI is InChI=1S/C16H22N2O2/c1-19-12-2-3-13-14(17)9-16(20-15(13)8-12)5-7-18-6-4-11(16)10-18/h2-3,8,11,14H,4-7,9-10,17H2,1H3/t11?,14-,16?/m0/s1. The maximum absolute atomic E-state index is 6.52. The summed E-state index contributed by atoms with van der Waals surface area (Å²) in [7, 11) is 1.69. The Morgan fingerprint density at radius 2 is 2.30 bits per heavy atom. The molecule has 4 atom stereocenters. The Bertz CT molecular complexity index is 533. The van der Waals surface area contributed by atoms with E-state index in [-0.39, 0.29) is 11.6 Å². The predicted octanol–water partition coefficient (Wildman–Crippen LogP) is 1.94. The van der Waals surface area contributed by atoms with E-state index < -0.39 is 0 Å². The molecule has 3 aliphatic heterocycles. The highest BCUT2D eigenvalue weighted by Crippen LogP contribution is 2.49. The van der Waals surface area contributed by atoms with Crippen molar-refractivity contribution in [3.63, 3.8) is 0 Å². The second kappa shape index (κ2) is 4.37. The number of nitrogens with two attached hydrogens (primary N) is 1. The number of hydrogen-bond donors (Lipinski definition) is 1. The molecule has 2 saturated heterocycles. The Labute approximate surface area is 119 Å². The van der Waals surface area contributed by atoms with E-state index in [1.165, 1.54) is 19.5 Å². The fourth-order valence-corrected chi connectivity index (χ4v) is 4.20. The highest BCUT2D eigenvalue weighted by Gasteiger charge is 2.51. The van der Waals surface area contributed by atoms with Crippen molar-refractivity contribution in [2.24, 2.45) is 11.7 Å². The Morgan fingerprint density at radius 1 is 1.40 bits per heavy atom. The van der Waals surface area contributed by atoms with E-state index in [1.807, 2.05) is 12.1 Å². The molecule has 0 radical (unpaired) electrons.